The molecule has 1 atom stereocenters. The van der Waals surface area contributed by atoms with Crippen LogP contribution in [-0.2, 0) is 27.2 Å². The van der Waals surface area contributed by atoms with Crippen molar-refractivity contribution in [3.63, 3.8) is 0 Å². The number of halogens is 2. The lowest BCUT2D eigenvalue weighted by Crippen LogP contribution is -2.25. The molecule has 0 saturated carbocycles. The average molecular weight is 359 g/mol. The third kappa shape index (κ3) is 4.89. The summed E-state index contributed by atoms with van der Waals surface area (Å²) in [4.78, 5) is 11.9. The van der Waals surface area contributed by atoms with Crippen LogP contribution in [0, 0.1) is 5.82 Å². The molecule has 0 aliphatic carbocycles. The number of carbonyl (C=O) groups excluding carboxylic acids is 1. The van der Waals surface area contributed by atoms with Gasteiger partial charge >= 0.3 is 0 Å². The second-order valence-corrected chi connectivity index (χ2v) is 6.00. The van der Waals surface area contributed by atoms with Gasteiger partial charge in [0.05, 0.1) is 31.4 Å². The lowest BCUT2D eigenvalue weighted by atomic mass is 9.99. The molecule has 3 rings (SSSR count). The maximum absolute atomic E-state index is 14.4. The summed E-state index contributed by atoms with van der Waals surface area (Å²) in [5.41, 5.74) is 1.93. The Morgan fingerprint density at radius 2 is 2.33 bits per heavy atom. The van der Waals surface area contributed by atoms with Gasteiger partial charge in [-0.1, -0.05) is 6.07 Å². The van der Waals surface area contributed by atoms with Gasteiger partial charge in [-0.25, -0.2) is 4.39 Å². The van der Waals surface area contributed by atoms with Gasteiger partial charge in [0.25, 0.3) is 0 Å². The standard InChI is InChI=1S/C17H23FN2O3.ClH/c18-17-14-5-7-19-10-12(14)3-4-15(17)20-16(21)6-9-22-11-13-2-1-8-23-13;/h3-4,13,19H,1-2,5-11H2,(H,20,21);1H. The Morgan fingerprint density at radius 3 is 3.12 bits per heavy atom. The Labute approximate surface area is 147 Å². The van der Waals surface area contributed by atoms with E-state index in [4.69, 9.17) is 9.47 Å². The highest BCUT2D eigenvalue weighted by Crippen LogP contribution is 2.24. The molecule has 0 spiro atoms. The van der Waals surface area contributed by atoms with E-state index < -0.39 is 0 Å². The number of benzene rings is 1. The van der Waals surface area contributed by atoms with E-state index in [1.54, 1.807) is 6.07 Å². The number of carbonyl (C=O) groups is 1. The summed E-state index contributed by atoms with van der Waals surface area (Å²) >= 11 is 0. The van der Waals surface area contributed by atoms with Gasteiger partial charge in [0, 0.05) is 13.2 Å². The fourth-order valence-electron chi connectivity index (χ4n) is 3.00. The van der Waals surface area contributed by atoms with E-state index in [0.717, 1.165) is 31.6 Å². The van der Waals surface area contributed by atoms with Crippen LogP contribution in [0.1, 0.15) is 30.4 Å². The van der Waals surface area contributed by atoms with Crippen molar-refractivity contribution < 1.29 is 18.7 Å². The third-order valence-electron chi connectivity index (χ3n) is 4.28. The van der Waals surface area contributed by atoms with Gasteiger partial charge in [0.2, 0.25) is 5.91 Å². The van der Waals surface area contributed by atoms with Crippen LogP contribution in [0.4, 0.5) is 10.1 Å². The minimum atomic E-state index is -0.308. The number of amides is 1. The van der Waals surface area contributed by atoms with E-state index in [2.05, 4.69) is 10.6 Å². The molecule has 1 fully saturated rings. The molecule has 0 radical (unpaired) electrons. The summed E-state index contributed by atoms with van der Waals surface area (Å²) in [7, 11) is 0. The first-order valence-corrected chi connectivity index (χ1v) is 8.24. The zero-order valence-corrected chi connectivity index (χ0v) is 14.4. The van der Waals surface area contributed by atoms with Crippen molar-refractivity contribution in [2.24, 2.45) is 0 Å². The maximum atomic E-state index is 14.4. The van der Waals surface area contributed by atoms with Crippen molar-refractivity contribution in [3.8, 4) is 0 Å². The molecule has 134 valence electrons. The Balaban J connectivity index is 0.00000208. The fraction of sp³-hybridized carbons (Fsp3) is 0.588. The van der Waals surface area contributed by atoms with Crippen molar-refractivity contribution in [1.29, 1.82) is 0 Å². The van der Waals surface area contributed by atoms with Crippen LogP contribution in [0.2, 0.25) is 0 Å². The summed E-state index contributed by atoms with van der Waals surface area (Å²) in [5.74, 6) is -0.539. The molecule has 1 saturated heterocycles. The summed E-state index contributed by atoms with van der Waals surface area (Å²) in [5, 5.41) is 5.85. The zero-order valence-electron chi connectivity index (χ0n) is 13.6. The van der Waals surface area contributed by atoms with E-state index in [1.165, 1.54) is 0 Å². The van der Waals surface area contributed by atoms with Crippen molar-refractivity contribution in [1.82, 2.24) is 5.32 Å². The molecule has 7 heteroatoms. The summed E-state index contributed by atoms with van der Waals surface area (Å²) in [6, 6.07) is 3.50. The lowest BCUT2D eigenvalue weighted by Gasteiger charge is -2.19. The van der Waals surface area contributed by atoms with E-state index in [0.29, 0.717) is 31.7 Å². The lowest BCUT2D eigenvalue weighted by molar-refractivity contribution is -0.117. The summed E-state index contributed by atoms with van der Waals surface area (Å²) < 4.78 is 25.3. The molecule has 5 nitrogen and oxygen atoms in total. The largest absolute Gasteiger partial charge is 0.378 e. The smallest absolute Gasteiger partial charge is 0.226 e. The van der Waals surface area contributed by atoms with Crippen LogP contribution >= 0.6 is 12.4 Å². The molecule has 2 N–H and O–H groups in total. The number of fused-ring (bicyclic) bond motifs is 1. The molecule has 2 aliphatic rings. The summed E-state index contributed by atoms with van der Waals surface area (Å²) in [6.07, 6.45) is 3.10. The molecule has 2 heterocycles. The molecule has 24 heavy (non-hydrogen) atoms. The number of anilines is 1. The van der Waals surface area contributed by atoms with Crippen molar-refractivity contribution in [2.45, 2.75) is 38.3 Å². The number of rotatable bonds is 6. The molecule has 0 bridgehead atoms. The maximum Gasteiger partial charge on any atom is 0.226 e. The Bertz CT molecular complexity index is 565. The average Bonchev–Trinajstić information content (AvgIpc) is 3.08. The topological polar surface area (TPSA) is 59.6 Å². The van der Waals surface area contributed by atoms with Crippen LogP contribution in [0.15, 0.2) is 12.1 Å². The number of hydrogen-bond donors (Lipinski definition) is 2. The normalized spacial score (nSPS) is 19.5. The number of ether oxygens (including phenoxy) is 2. The van der Waals surface area contributed by atoms with Crippen LogP contribution in [-0.4, -0.2) is 38.4 Å². The second-order valence-electron chi connectivity index (χ2n) is 6.00. The van der Waals surface area contributed by atoms with E-state index in [-0.39, 0.29) is 42.3 Å². The predicted octanol–water partition coefficient (Wildman–Crippen LogP) is 2.42. The highest BCUT2D eigenvalue weighted by molar-refractivity contribution is 5.91. The van der Waals surface area contributed by atoms with E-state index in [9.17, 15) is 9.18 Å². The molecule has 1 amide bonds. The first-order valence-electron chi connectivity index (χ1n) is 8.24. The molecule has 1 aromatic rings. The highest BCUT2D eigenvalue weighted by atomic mass is 35.5. The predicted molar refractivity (Wildman–Crippen MR) is 92.1 cm³/mol. The van der Waals surface area contributed by atoms with E-state index in [1.807, 2.05) is 6.07 Å². The molecular weight excluding hydrogens is 335 g/mol. The van der Waals surface area contributed by atoms with Crippen LogP contribution in [0.5, 0.6) is 0 Å². The van der Waals surface area contributed by atoms with E-state index >= 15 is 0 Å². The summed E-state index contributed by atoms with van der Waals surface area (Å²) in [6.45, 7) is 3.08. The van der Waals surface area contributed by atoms with Gasteiger partial charge in [-0.2, -0.15) is 0 Å². The van der Waals surface area contributed by atoms with Crippen LogP contribution in [0.3, 0.4) is 0 Å². The Kier molecular flexibility index (Phi) is 7.42. The Morgan fingerprint density at radius 1 is 1.46 bits per heavy atom. The van der Waals surface area contributed by atoms with Gasteiger partial charge in [-0.15, -0.1) is 12.4 Å². The van der Waals surface area contributed by atoms with Crippen molar-refractivity contribution in [3.05, 3.63) is 29.1 Å². The molecule has 1 unspecified atom stereocenters. The van der Waals surface area contributed by atoms with Crippen molar-refractivity contribution in [2.75, 3.05) is 31.7 Å². The second kappa shape index (κ2) is 9.32. The molecule has 0 aromatic heterocycles. The zero-order chi connectivity index (χ0) is 16.1. The Hall–Kier alpha value is -1.21. The van der Waals surface area contributed by atoms with Crippen LogP contribution < -0.4 is 10.6 Å². The third-order valence-corrected chi connectivity index (χ3v) is 4.28. The minimum absolute atomic E-state index is 0. The first-order chi connectivity index (χ1) is 11.2. The molecular formula is C17H24ClFN2O3. The van der Waals surface area contributed by atoms with Gasteiger partial charge in [-0.3, -0.25) is 4.79 Å². The van der Waals surface area contributed by atoms with Crippen molar-refractivity contribution >= 4 is 24.0 Å². The number of hydrogen-bond acceptors (Lipinski definition) is 4. The minimum Gasteiger partial charge on any atom is -0.378 e. The fourth-order valence-corrected chi connectivity index (χ4v) is 3.00. The monoisotopic (exact) mass is 358 g/mol. The quantitative estimate of drug-likeness (QED) is 0.767. The number of nitrogens with one attached hydrogen (secondary N) is 2. The molecule has 1 aromatic carbocycles. The van der Waals surface area contributed by atoms with Gasteiger partial charge in [0.1, 0.15) is 5.82 Å². The van der Waals surface area contributed by atoms with Gasteiger partial charge < -0.3 is 20.1 Å². The van der Waals surface area contributed by atoms with Crippen LogP contribution in [0.25, 0.3) is 0 Å². The van der Waals surface area contributed by atoms with Gasteiger partial charge in [0.15, 0.2) is 0 Å². The molecule has 2 aliphatic heterocycles. The van der Waals surface area contributed by atoms with Gasteiger partial charge in [-0.05, 0) is 43.0 Å². The SMILES string of the molecule is Cl.O=C(CCOCC1CCCO1)Nc1ccc2c(c1F)CCNC2. The highest BCUT2D eigenvalue weighted by Gasteiger charge is 2.18. The first kappa shape index (κ1) is 19.1.